The molecule has 1 aliphatic rings. The van der Waals surface area contributed by atoms with Gasteiger partial charge in [0.2, 0.25) is 5.91 Å². The summed E-state index contributed by atoms with van der Waals surface area (Å²) >= 11 is 2.82. The van der Waals surface area contributed by atoms with E-state index in [0.717, 1.165) is 4.21 Å². The Morgan fingerprint density at radius 1 is 1.36 bits per heavy atom. The summed E-state index contributed by atoms with van der Waals surface area (Å²) in [4.78, 5) is 24.9. The third-order valence-electron chi connectivity index (χ3n) is 4.91. The Bertz CT molecular complexity index is 1010. The van der Waals surface area contributed by atoms with E-state index in [4.69, 9.17) is 5.11 Å². The maximum atomic E-state index is 12.4. The molecule has 2 aromatic rings. The average molecular weight is 502 g/mol. The standard InChI is InChI=1S/C22H22F3NO5S2/c23-22(24,25)31-18-3-1-2-14(11-18)10-17(27)6-4-16-5-7-19(28)26(16)8-9-32-20-12-15(13-33-20)21(29)30/h1-4,6,11-13,16-17,27H,5,7-10H2,(H,29,30)/b6-4+/t16-,17+/m0/s1. The van der Waals surface area contributed by atoms with Crippen molar-refractivity contribution in [2.45, 2.75) is 42.0 Å². The van der Waals surface area contributed by atoms with Gasteiger partial charge in [-0.05, 0) is 30.2 Å². The third-order valence-corrected chi connectivity index (χ3v) is 7.06. The van der Waals surface area contributed by atoms with E-state index in [2.05, 4.69) is 4.74 Å². The van der Waals surface area contributed by atoms with Crippen molar-refractivity contribution in [3.05, 3.63) is 59.0 Å². The van der Waals surface area contributed by atoms with Gasteiger partial charge in [-0.3, -0.25) is 4.79 Å². The molecule has 2 atom stereocenters. The highest BCUT2D eigenvalue weighted by Crippen LogP contribution is 2.28. The molecule has 0 aliphatic carbocycles. The molecule has 0 bridgehead atoms. The molecule has 1 fully saturated rings. The fraction of sp³-hybridized carbons (Fsp3) is 0.364. The fourth-order valence-electron chi connectivity index (χ4n) is 3.43. The van der Waals surface area contributed by atoms with Crippen molar-refractivity contribution >= 4 is 35.0 Å². The van der Waals surface area contributed by atoms with Crippen LogP contribution in [-0.4, -0.2) is 57.8 Å². The van der Waals surface area contributed by atoms with Crippen LogP contribution in [0.4, 0.5) is 13.2 Å². The normalized spacial score (nSPS) is 17.6. The molecule has 3 rings (SSSR count). The minimum absolute atomic E-state index is 0.00847. The summed E-state index contributed by atoms with van der Waals surface area (Å²) in [5.74, 6) is -0.711. The van der Waals surface area contributed by atoms with Crippen LogP contribution in [0, 0.1) is 0 Å². The van der Waals surface area contributed by atoms with Crippen LogP contribution in [0.15, 0.2) is 52.1 Å². The first-order valence-corrected chi connectivity index (χ1v) is 11.9. The number of thioether (sulfide) groups is 1. The van der Waals surface area contributed by atoms with Gasteiger partial charge in [-0.2, -0.15) is 0 Å². The lowest BCUT2D eigenvalue weighted by Gasteiger charge is -2.22. The Kier molecular flexibility index (Phi) is 8.44. The number of hydrogen-bond acceptors (Lipinski definition) is 6. The summed E-state index contributed by atoms with van der Waals surface area (Å²) < 4.78 is 41.9. The molecule has 1 aliphatic heterocycles. The summed E-state index contributed by atoms with van der Waals surface area (Å²) in [6, 6.07) is 6.88. The summed E-state index contributed by atoms with van der Waals surface area (Å²) in [5.41, 5.74) is 0.728. The molecular weight excluding hydrogens is 479 g/mol. The number of likely N-dealkylation sites (tertiary alicyclic amines) is 1. The molecule has 0 radical (unpaired) electrons. The van der Waals surface area contributed by atoms with E-state index >= 15 is 0 Å². The minimum Gasteiger partial charge on any atom is -0.478 e. The molecule has 1 saturated heterocycles. The molecule has 0 unspecified atom stereocenters. The lowest BCUT2D eigenvalue weighted by Crippen LogP contribution is -2.33. The monoisotopic (exact) mass is 501 g/mol. The van der Waals surface area contributed by atoms with Gasteiger partial charge in [0.05, 0.1) is 21.9 Å². The number of aliphatic hydroxyl groups excluding tert-OH is 1. The van der Waals surface area contributed by atoms with Crippen LogP contribution in [-0.2, 0) is 11.2 Å². The molecule has 2 heterocycles. The van der Waals surface area contributed by atoms with Crippen LogP contribution in [0.3, 0.4) is 0 Å². The summed E-state index contributed by atoms with van der Waals surface area (Å²) in [5, 5.41) is 20.9. The van der Waals surface area contributed by atoms with Crippen LogP contribution in [0.1, 0.15) is 28.8 Å². The van der Waals surface area contributed by atoms with Crippen LogP contribution in [0.2, 0.25) is 0 Å². The molecule has 33 heavy (non-hydrogen) atoms. The van der Waals surface area contributed by atoms with Gasteiger partial charge in [0.1, 0.15) is 5.75 Å². The van der Waals surface area contributed by atoms with E-state index in [1.54, 1.807) is 34.6 Å². The quantitative estimate of drug-likeness (QED) is 0.366. The molecule has 1 amide bonds. The van der Waals surface area contributed by atoms with Crippen LogP contribution >= 0.6 is 23.1 Å². The number of rotatable bonds is 10. The molecule has 1 aromatic heterocycles. The molecule has 0 saturated carbocycles. The molecule has 0 spiro atoms. The highest BCUT2D eigenvalue weighted by molar-refractivity contribution is 8.01. The van der Waals surface area contributed by atoms with E-state index in [1.165, 1.54) is 41.3 Å². The van der Waals surface area contributed by atoms with E-state index < -0.39 is 18.4 Å². The first kappa shape index (κ1) is 25.1. The Morgan fingerprint density at radius 3 is 2.85 bits per heavy atom. The highest BCUT2D eigenvalue weighted by atomic mass is 32.2. The lowest BCUT2D eigenvalue weighted by molar-refractivity contribution is -0.274. The van der Waals surface area contributed by atoms with E-state index in [1.807, 2.05) is 0 Å². The summed E-state index contributed by atoms with van der Waals surface area (Å²) in [6.07, 6.45) is -1.29. The van der Waals surface area contributed by atoms with Gasteiger partial charge in [-0.1, -0.05) is 24.3 Å². The van der Waals surface area contributed by atoms with Gasteiger partial charge < -0.3 is 19.8 Å². The van der Waals surface area contributed by atoms with Gasteiger partial charge in [0, 0.05) is 30.5 Å². The third kappa shape index (κ3) is 7.79. The van der Waals surface area contributed by atoms with E-state index in [0.29, 0.717) is 30.7 Å². The van der Waals surface area contributed by atoms with Crippen molar-refractivity contribution in [2.75, 3.05) is 12.3 Å². The predicted molar refractivity (Wildman–Crippen MR) is 119 cm³/mol. The number of hydrogen-bond donors (Lipinski definition) is 2. The van der Waals surface area contributed by atoms with E-state index in [9.17, 15) is 27.9 Å². The van der Waals surface area contributed by atoms with Crippen LogP contribution in [0.5, 0.6) is 5.75 Å². The summed E-state index contributed by atoms with van der Waals surface area (Å²) in [7, 11) is 0. The number of thiophene rings is 1. The number of carbonyl (C=O) groups is 2. The second-order valence-electron chi connectivity index (χ2n) is 7.35. The molecular formula is C22H22F3NO5S2. The zero-order valence-corrected chi connectivity index (χ0v) is 19.0. The molecule has 6 nitrogen and oxygen atoms in total. The number of carboxylic acids is 1. The van der Waals surface area contributed by atoms with Gasteiger partial charge in [-0.15, -0.1) is 36.3 Å². The Labute approximate surface area is 196 Å². The smallest absolute Gasteiger partial charge is 0.478 e. The first-order valence-electron chi connectivity index (χ1n) is 10.1. The Balaban J connectivity index is 1.51. The number of carbonyl (C=O) groups excluding carboxylic acids is 1. The fourth-order valence-corrected chi connectivity index (χ4v) is 5.40. The largest absolute Gasteiger partial charge is 0.573 e. The number of benzene rings is 1. The lowest BCUT2D eigenvalue weighted by atomic mass is 10.1. The van der Waals surface area contributed by atoms with E-state index in [-0.39, 0.29) is 29.7 Å². The van der Waals surface area contributed by atoms with Crippen molar-refractivity contribution < 1.29 is 37.7 Å². The number of nitrogens with zero attached hydrogens (tertiary/aromatic N) is 1. The predicted octanol–water partition coefficient (Wildman–Crippen LogP) is 4.59. The number of ether oxygens (including phenoxy) is 1. The number of amides is 1. The average Bonchev–Trinajstić information content (AvgIpc) is 3.33. The minimum atomic E-state index is -4.78. The van der Waals surface area contributed by atoms with Crippen LogP contribution in [0.25, 0.3) is 0 Å². The second-order valence-corrected chi connectivity index (χ2v) is 9.66. The Hall–Kier alpha value is -2.50. The van der Waals surface area contributed by atoms with Crippen LogP contribution < -0.4 is 4.74 Å². The zero-order chi connectivity index (χ0) is 24.0. The SMILES string of the molecule is O=C(O)c1csc(SCCN2C(=O)CC[C@@H]2/C=C/[C@@H](O)Cc2cccc(OC(F)(F)F)c2)c1. The maximum Gasteiger partial charge on any atom is 0.573 e. The maximum absolute atomic E-state index is 12.4. The highest BCUT2D eigenvalue weighted by Gasteiger charge is 2.31. The number of halogens is 3. The van der Waals surface area contributed by atoms with Crippen molar-refractivity contribution in [1.29, 1.82) is 0 Å². The molecule has 1 aromatic carbocycles. The molecule has 11 heteroatoms. The number of alkyl halides is 3. The Morgan fingerprint density at radius 2 is 2.15 bits per heavy atom. The zero-order valence-electron chi connectivity index (χ0n) is 17.3. The van der Waals surface area contributed by atoms with Crippen molar-refractivity contribution in [3.8, 4) is 5.75 Å². The van der Waals surface area contributed by atoms with Crippen molar-refractivity contribution in [1.82, 2.24) is 4.90 Å². The van der Waals surface area contributed by atoms with Crippen molar-refractivity contribution in [2.24, 2.45) is 0 Å². The number of carboxylic acid groups (broad SMARTS) is 1. The van der Waals surface area contributed by atoms with Crippen molar-refractivity contribution in [3.63, 3.8) is 0 Å². The van der Waals surface area contributed by atoms with Gasteiger partial charge in [-0.25, -0.2) is 4.79 Å². The first-order chi connectivity index (χ1) is 15.6. The second kappa shape index (κ2) is 11.1. The summed E-state index contributed by atoms with van der Waals surface area (Å²) in [6.45, 7) is 0.478. The van der Waals surface area contributed by atoms with Gasteiger partial charge >= 0.3 is 12.3 Å². The van der Waals surface area contributed by atoms with Gasteiger partial charge in [0.25, 0.3) is 0 Å². The number of aromatic carboxylic acids is 1. The molecule has 178 valence electrons. The number of aliphatic hydroxyl groups is 1. The topological polar surface area (TPSA) is 87.1 Å². The van der Waals surface area contributed by atoms with Gasteiger partial charge in [0.15, 0.2) is 0 Å². The molecule has 2 N–H and O–H groups in total.